The van der Waals surface area contributed by atoms with Crippen LogP contribution < -0.4 is 15.8 Å². The highest BCUT2D eigenvalue weighted by atomic mass is 35.5. The lowest BCUT2D eigenvalue weighted by atomic mass is 10.0. The third-order valence-corrected chi connectivity index (χ3v) is 3.79. The molecule has 0 bridgehead atoms. The maximum Gasteiger partial charge on any atom is 0.238 e. The molecule has 1 aromatic carbocycles. The van der Waals surface area contributed by atoms with Crippen molar-refractivity contribution in [2.45, 2.75) is 19.9 Å². The van der Waals surface area contributed by atoms with Gasteiger partial charge in [-0.25, -0.2) is 4.98 Å². The summed E-state index contributed by atoms with van der Waals surface area (Å²) in [4.78, 5) is 16.0. The first-order valence-corrected chi connectivity index (χ1v) is 7.78. The molecule has 2 aromatic rings. The summed E-state index contributed by atoms with van der Waals surface area (Å²) < 4.78 is 5.58. The lowest BCUT2D eigenvalue weighted by Gasteiger charge is -2.15. The van der Waals surface area contributed by atoms with Crippen molar-refractivity contribution in [3.05, 3.63) is 46.6 Å². The predicted molar refractivity (Wildman–Crippen MR) is 107 cm³/mol. The van der Waals surface area contributed by atoms with Crippen molar-refractivity contribution in [2.75, 3.05) is 5.32 Å². The second-order valence-corrected chi connectivity index (χ2v) is 6.05. The van der Waals surface area contributed by atoms with E-state index in [0.29, 0.717) is 21.5 Å². The van der Waals surface area contributed by atoms with E-state index in [1.54, 1.807) is 44.2 Å². The number of aromatic nitrogens is 1. The van der Waals surface area contributed by atoms with Gasteiger partial charge in [-0.15, -0.1) is 24.8 Å². The number of halogens is 4. The molecule has 0 aliphatic carbocycles. The van der Waals surface area contributed by atoms with Crippen molar-refractivity contribution in [1.29, 1.82) is 0 Å². The van der Waals surface area contributed by atoms with Crippen LogP contribution in [-0.4, -0.2) is 16.9 Å². The quantitative estimate of drug-likeness (QED) is 0.709. The number of nitrogens with two attached hydrogens (primary N) is 1. The van der Waals surface area contributed by atoms with Gasteiger partial charge in [0.05, 0.1) is 10.9 Å². The number of benzene rings is 1. The Morgan fingerprint density at radius 3 is 2.32 bits per heavy atom. The second-order valence-electron chi connectivity index (χ2n) is 5.20. The summed E-state index contributed by atoms with van der Waals surface area (Å²) in [6.07, 6.45) is 1.45. The minimum absolute atomic E-state index is 0. The van der Waals surface area contributed by atoms with E-state index < -0.39 is 0 Å². The molecule has 1 amide bonds. The van der Waals surface area contributed by atoms with Gasteiger partial charge in [0.25, 0.3) is 0 Å². The van der Waals surface area contributed by atoms with Gasteiger partial charge in [0.1, 0.15) is 10.8 Å². The van der Waals surface area contributed by atoms with E-state index >= 15 is 0 Å². The number of ether oxygens (including phenoxy) is 1. The Bertz CT molecular complexity index is 696. The van der Waals surface area contributed by atoms with Crippen LogP contribution in [0.1, 0.15) is 13.8 Å². The molecule has 0 spiro atoms. The number of carbonyl (C=O) groups is 1. The third-order valence-electron chi connectivity index (χ3n) is 3.31. The van der Waals surface area contributed by atoms with E-state index in [-0.39, 0.29) is 48.6 Å². The van der Waals surface area contributed by atoms with Gasteiger partial charge in [0.2, 0.25) is 11.8 Å². The zero-order chi connectivity index (χ0) is 17.0. The normalized spacial score (nSPS) is 12.2. The second kappa shape index (κ2) is 10.7. The number of nitrogens with zero attached hydrogens (tertiary/aromatic N) is 1. The Morgan fingerprint density at radius 2 is 1.80 bits per heavy atom. The molecule has 0 saturated carbocycles. The smallest absolute Gasteiger partial charge is 0.238 e. The largest absolute Gasteiger partial charge is 0.438 e. The zero-order valence-corrected chi connectivity index (χ0v) is 16.7. The minimum Gasteiger partial charge on any atom is -0.438 e. The van der Waals surface area contributed by atoms with Gasteiger partial charge >= 0.3 is 0 Å². The van der Waals surface area contributed by atoms with Gasteiger partial charge in [0, 0.05) is 17.9 Å². The minimum atomic E-state index is -0.275. The van der Waals surface area contributed by atoms with Crippen LogP contribution >= 0.6 is 48.0 Å². The molecule has 1 aromatic heterocycles. The molecule has 0 aliphatic rings. The van der Waals surface area contributed by atoms with Crippen LogP contribution in [0.4, 0.5) is 5.69 Å². The summed E-state index contributed by atoms with van der Waals surface area (Å²) in [7, 11) is 0. The molecule has 0 aliphatic heterocycles. The van der Waals surface area contributed by atoms with E-state index in [1.165, 1.54) is 6.20 Å². The van der Waals surface area contributed by atoms with Crippen LogP contribution in [0.25, 0.3) is 0 Å². The van der Waals surface area contributed by atoms with Crippen molar-refractivity contribution >= 4 is 59.6 Å². The third kappa shape index (κ3) is 6.88. The van der Waals surface area contributed by atoms with Crippen LogP contribution in [0.15, 0.2) is 36.5 Å². The molecule has 0 fully saturated rings. The Labute approximate surface area is 169 Å². The van der Waals surface area contributed by atoms with Crippen molar-refractivity contribution in [3.63, 3.8) is 0 Å². The first-order chi connectivity index (χ1) is 10.9. The highest BCUT2D eigenvalue weighted by Crippen LogP contribution is 2.29. The van der Waals surface area contributed by atoms with E-state index in [1.807, 2.05) is 0 Å². The van der Waals surface area contributed by atoms with Crippen LogP contribution in [0.3, 0.4) is 0 Å². The first kappa shape index (κ1) is 23.8. The number of amides is 1. The summed E-state index contributed by atoms with van der Waals surface area (Å²) in [5.74, 6) is 0.400. The highest BCUT2D eigenvalue weighted by molar-refractivity contribution is 6.35. The fraction of sp³-hybridized carbons (Fsp3) is 0.250. The van der Waals surface area contributed by atoms with Gasteiger partial charge in [-0.05, 0) is 37.3 Å². The fourth-order valence-corrected chi connectivity index (χ4v) is 2.11. The van der Waals surface area contributed by atoms with Crippen LogP contribution in [-0.2, 0) is 4.79 Å². The van der Waals surface area contributed by atoms with Crippen molar-refractivity contribution in [1.82, 2.24) is 4.98 Å². The monoisotopic (exact) mass is 425 g/mol. The summed E-state index contributed by atoms with van der Waals surface area (Å²) >= 11 is 11.8. The van der Waals surface area contributed by atoms with Gasteiger partial charge in [-0.2, -0.15) is 0 Å². The molecule has 1 heterocycles. The van der Waals surface area contributed by atoms with E-state index in [9.17, 15) is 4.79 Å². The molecule has 2 atom stereocenters. The fourth-order valence-electron chi connectivity index (χ4n) is 1.69. The predicted octanol–water partition coefficient (Wildman–Crippen LogP) is 4.95. The molecular formula is C16H19Cl4N3O2. The Kier molecular flexibility index (Phi) is 10.2. The Hall–Kier alpha value is -1.24. The standard InChI is InChI=1S/C16H17Cl2N3O2.2ClH/c1-9(10(2)19)15(22)21-12-3-5-13(6-4-12)23-16-14(18)7-11(17)8-20-16;;/h3-10H,19H2,1-2H3,(H,21,22);2*1H. The Balaban J connectivity index is 0.00000288. The molecule has 5 nitrogen and oxygen atoms in total. The van der Waals surface area contributed by atoms with E-state index in [0.717, 1.165) is 0 Å². The first-order valence-electron chi connectivity index (χ1n) is 7.02. The van der Waals surface area contributed by atoms with Crippen molar-refractivity contribution < 1.29 is 9.53 Å². The number of hydrogen-bond donors (Lipinski definition) is 2. The molecule has 0 saturated heterocycles. The van der Waals surface area contributed by atoms with Crippen molar-refractivity contribution in [2.24, 2.45) is 11.7 Å². The molecular weight excluding hydrogens is 408 g/mol. The topological polar surface area (TPSA) is 77.2 Å². The van der Waals surface area contributed by atoms with Crippen LogP contribution in [0, 0.1) is 5.92 Å². The van der Waals surface area contributed by atoms with Crippen molar-refractivity contribution in [3.8, 4) is 11.6 Å². The van der Waals surface area contributed by atoms with Gasteiger partial charge in [-0.1, -0.05) is 30.1 Å². The summed E-state index contributed by atoms with van der Waals surface area (Å²) in [6, 6.07) is 8.21. The molecule has 2 unspecified atom stereocenters. The number of hydrogen-bond acceptors (Lipinski definition) is 4. The summed E-state index contributed by atoms with van der Waals surface area (Å²) in [5, 5.41) is 3.55. The average Bonchev–Trinajstić information content (AvgIpc) is 2.51. The summed E-state index contributed by atoms with van der Waals surface area (Å²) in [6.45, 7) is 3.58. The number of nitrogens with one attached hydrogen (secondary N) is 1. The molecule has 3 N–H and O–H groups in total. The van der Waals surface area contributed by atoms with Gasteiger partial charge in [-0.3, -0.25) is 4.79 Å². The number of anilines is 1. The zero-order valence-electron chi connectivity index (χ0n) is 13.5. The molecule has 25 heavy (non-hydrogen) atoms. The van der Waals surface area contributed by atoms with Gasteiger partial charge < -0.3 is 15.8 Å². The summed E-state index contributed by atoms with van der Waals surface area (Å²) in [5.41, 5.74) is 6.37. The molecule has 9 heteroatoms. The maximum absolute atomic E-state index is 11.9. The lowest BCUT2D eigenvalue weighted by molar-refractivity contribution is -0.119. The molecule has 138 valence electrons. The van der Waals surface area contributed by atoms with Crippen LogP contribution in [0.5, 0.6) is 11.6 Å². The molecule has 2 rings (SSSR count). The Morgan fingerprint density at radius 1 is 1.20 bits per heavy atom. The lowest BCUT2D eigenvalue weighted by Crippen LogP contribution is -2.34. The SMILES string of the molecule is CC(N)C(C)C(=O)Nc1ccc(Oc2ncc(Cl)cc2Cl)cc1.Cl.Cl. The number of pyridine rings is 1. The van der Waals surface area contributed by atoms with E-state index in [4.69, 9.17) is 33.7 Å². The van der Waals surface area contributed by atoms with E-state index in [2.05, 4.69) is 10.3 Å². The van der Waals surface area contributed by atoms with Crippen LogP contribution in [0.2, 0.25) is 10.0 Å². The number of carbonyl (C=O) groups excluding carboxylic acids is 1. The number of rotatable bonds is 5. The molecule has 0 radical (unpaired) electrons. The van der Waals surface area contributed by atoms with Gasteiger partial charge in [0.15, 0.2) is 0 Å². The average molecular weight is 427 g/mol. The maximum atomic E-state index is 11.9. The highest BCUT2D eigenvalue weighted by Gasteiger charge is 2.17.